The summed E-state index contributed by atoms with van der Waals surface area (Å²) >= 11 is 0. The van der Waals surface area contributed by atoms with Crippen molar-refractivity contribution in [1.82, 2.24) is 14.8 Å². The number of nitrogens with one attached hydrogen (secondary N) is 1. The van der Waals surface area contributed by atoms with Crippen molar-refractivity contribution in [2.75, 3.05) is 32.7 Å². The monoisotopic (exact) mass is 361 g/mol. The van der Waals surface area contributed by atoms with E-state index < -0.39 is 0 Å². The lowest BCUT2D eigenvalue weighted by Crippen LogP contribution is -2.49. The van der Waals surface area contributed by atoms with Crippen LogP contribution >= 0.6 is 0 Å². The quantitative estimate of drug-likeness (QED) is 0.752. The number of amides is 1. The van der Waals surface area contributed by atoms with Crippen molar-refractivity contribution in [3.63, 3.8) is 0 Å². The van der Waals surface area contributed by atoms with Gasteiger partial charge in [-0.05, 0) is 36.1 Å². The van der Waals surface area contributed by atoms with Crippen LogP contribution in [-0.2, 0) is 12.8 Å². The number of carbonyl (C=O) groups excluding carboxylic acids is 1. The SMILES string of the molecule is CCc1ccc2cc(C(=O)N3CCN(CCc4ccccc4)CC3)[nH]c2c1. The van der Waals surface area contributed by atoms with Crippen molar-refractivity contribution in [1.29, 1.82) is 0 Å². The predicted molar refractivity (Wildman–Crippen MR) is 110 cm³/mol. The number of H-pyrrole nitrogens is 1. The first-order chi connectivity index (χ1) is 13.2. The largest absolute Gasteiger partial charge is 0.351 e. The summed E-state index contributed by atoms with van der Waals surface area (Å²) in [4.78, 5) is 20.6. The molecular formula is C23H27N3O. The fourth-order valence-corrected chi connectivity index (χ4v) is 3.79. The smallest absolute Gasteiger partial charge is 0.270 e. The Morgan fingerprint density at radius 2 is 1.74 bits per heavy atom. The van der Waals surface area contributed by atoms with Crippen molar-refractivity contribution < 1.29 is 4.79 Å². The molecule has 1 aliphatic heterocycles. The summed E-state index contributed by atoms with van der Waals surface area (Å²) in [6, 6.07) is 19.0. The third-order valence-electron chi connectivity index (χ3n) is 5.54. The fraction of sp³-hybridized carbons (Fsp3) is 0.348. The second-order valence-electron chi connectivity index (χ2n) is 7.33. The summed E-state index contributed by atoms with van der Waals surface area (Å²) in [7, 11) is 0. The van der Waals surface area contributed by atoms with Crippen molar-refractivity contribution in [3.05, 3.63) is 71.4 Å². The van der Waals surface area contributed by atoms with Gasteiger partial charge in [0.15, 0.2) is 0 Å². The number of rotatable bonds is 5. The van der Waals surface area contributed by atoms with Gasteiger partial charge in [0.25, 0.3) is 5.91 Å². The van der Waals surface area contributed by atoms with Crippen LogP contribution < -0.4 is 0 Å². The standard InChI is InChI=1S/C23H27N3O/c1-2-18-8-9-20-17-22(24-21(20)16-18)23(27)26-14-12-25(13-15-26)11-10-19-6-4-3-5-7-19/h3-9,16-17,24H,2,10-15H2,1H3. The van der Waals surface area contributed by atoms with E-state index in [1.54, 1.807) is 0 Å². The zero-order valence-electron chi connectivity index (χ0n) is 15.9. The van der Waals surface area contributed by atoms with Crippen molar-refractivity contribution in [2.45, 2.75) is 19.8 Å². The van der Waals surface area contributed by atoms with E-state index in [0.717, 1.165) is 56.5 Å². The third-order valence-corrected chi connectivity index (χ3v) is 5.54. The highest BCUT2D eigenvalue weighted by molar-refractivity contribution is 5.98. The first kappa shape index (κ1) is 17.8. The van der Waals surface area contributed by atoms with Gasteiger partial charge in [-0.1, -0.05) is 49.4 Å². The molecule has 1 N–H and O–H groups in total. The maximum Gasteiger partial charge on any atom is 0.270 e. The number of benzene rings is 2. The molecule has 4 rings (SSSR count). The van der Waals surface area contributed by atoms with Crippen LogP contribution in [0.15, 0.2) is 54.6 Å². The summed E-state index contributed by atoms with van der Waals surface area (Å²) in [5, 5.41) is 1.11. The highest BCUT2D eigenvalue weighted by atomic mass is 16.2. The Morgan fingerprint density at radius 3 is 2.48 bits per heavy atom. The molecule has 2 aromatic carbocycles. The number of aryl methyl sites for hydroxylation is 1. The average Bonchev–Trinajstić information content (AvgIpc) is 3.16. The Balaban J connectivity index is 1.34. The van der Waals surface area contributed by atoms with Crippen LogP contribution in [0.5, 0.6) is 0 Å². The average molecular weight is 361 g/mol. The number of aromatic amines is 1. The van der Waals surface area contributed by atoms with E-state index in [1.165, 1.54) is 11.1 Å². The maximum absolute atomic E-state index is 12.9. The van der Waals surface area contributed by atoms with Gasteiger partial charge in [0, 0.05) is 43.6 Å². The van der Waals surface area contributed by atoms with Crippen LogP contribution in [0.2, 0.25) is 0 Å². The van der Waals surface area contributed by atoms with E-state index in [1.807, 2.05) is 11.0 Å². The minimum atomic E-state index is 0.118. The van der Waals surface area contributed by atoms with Gasteiger partial charge in [-0.3, -0.25) is 9.69 Å². The number of carbonyl (C=O) groups is 1. The minimum absolute atomic E-state index is 0.118. The van der Waals surface area contributed by atoms with Gasteiger partial charge in [0.05, 0.1) is 0 Å². The molecule has 4 nitrogen and oxygen atoms in total. The number of piperazine rings is 1. The molecule has 1 aromatic heterocycles. The molecule has 1 amide bonds. The van der Waals surface area contributed by atoms with E-state index in [2.05, 4.69) is 65.3 Å². The molecule has 0 unspecified atom stereocenters. The molecule has 140 valence electrons. The molecule has 0 atom stereocenters. The van der Waals surface area contributed by atoms with E-state index >= 15 is 0 Å². The molecule has 0 spiro atoms. The lowest BCUT2D eigenvalue weighted by molar-refractivity contribution is 0.0633. The molecule has 3 aromatic rings. The zero-order chi connectivity index (χ0) is 18.6. The number of nitrogens with zero attached hydrogens (tertiary/aromatic N) is 2. The number of aromatic nitrogens is 1. The Labute approximate surface area is 160 Å². The first-order valence-electron chi connectivity index (χ1n) is 9.90. The van der Waals surface area contributed by atoms with Gasteiger partial charge >= 0.3 is 0 Å². The molecule has 2 heterocycles. The summed E-state index contributed by atoms with van der Waals surface area (Å²) in [6.45, 7) is 6.68. The van der Waals surface area contributed by atoms with Crippen molar-refractivity contribution >= 4 is 16.8 Å². The Bertz CT molecular complexity index is 908. The molecule has 0 radical (unpaired) electrons. The summed E-state index contributed by atoms with van der Waals surface area (Å²) in [6.07, 6.45) is 2.07. The van der Waals surface area contributed by atoms with Gasteiger partial charge in [0.2, 0.25) is 0 Å². The Morgan fingerprint density at radius 1 is 0.963 bits per heavy atom. The highest BCUT2D eigenvalue weighted by Crippen LogP contribution is 2.19. The van der Waals surface area contributed by atoms with E-state index in [-0.39, 0.29) is 5.91 Å². The molecule has 27 heavy (non-hydrogen) atoms. The Kier molecular flexibility index (Phi) is 5.26. The number of hydrogen-bond donors (Lipinski definition) is 1. The lowest BCUT2D eigenvalue weighted by atomic mass is 10.1. The van der Waals surface area contributed by atoms with E-state index in [4.69, 9.17) is 0 Å². The molecule has 1 aliphatic rings. The second-order valence-corrected chi connectivity index (χ2v) is 7.33. The van der Waals surface area contributed by atoms with Gasteiger partial charge in [-0.2, -0.15) is 0 Å². The normalized spacial score (nSPS) is 15.4. The van der Waals surface area contributed by atoms with Gasteiger partial charge in [-0.15, -0.1) is 0 Å². The van der Waals surface area contributed by atoms with Gasteiger partial charge in [0.1, 0.15) is 5.69 Å². The lowest BCUT2D eigenvalue weighted by Gasteiger charge is -2.34. The molecule has 1 fully saturated rings. The van der Waals surface area contributed by atoms with Crippen molar-refractivity contribution in [3.8, 4) is 0 Å². The highest BCUT2D eigenvalue weighted by Gasteiger charge is 2.23. The van der Waals surface area contributed by atoms with Gasteiger partial charge in [-0.25, -0.2) is 0 Å². The van der Waals surface area contributed by atoms with Crippen LogP contribution in [0.4, 0.5) is 0 Å². The maximum atomic E-state index is 12.9. The fourth-order valence-electron chi connectivity index (χ4n) is 3.79. The molecular weight excluding hydrogens is 334 g/mol. The third kappa shape index (κ3) is 4.06. The van der Waals surface area contributed by atoms with Crippen LogP contribution in [0.3, 0.4) is 0 Å². The second kappa shape index (κ2) is 7.97. The predicted octanol–water partition coefficient (Wildman–Crippen LogP) is 3.73. The molecule has 1 saturated heterocycles. The van der Waals surface area contributed by atoms with Crippen molar-refractivity contribution in [2.24, 2.45) is 0 Å². The summed E-state index contributed by atoms with van der Waals surface area (Å²) < 4.78 is 0. The number of fused-ring (bicyclic) bond motifs is 1. The number of hydrogen-bond acceptors (Lipinski definition) is 2. The minimum Gasteiger partial charge on any atom is -0.351 e. The van der Waals surface area contributed by atoms with Crippen LogP contribution in [0.1, 0.15) is 28.5 Å². The topological polar surface area (TPSA) is 39.3 Å². The Hall–Kier alpha value is -2.59. The summed E-state index contributed by atoms with van der Waals surface area (Å²) in [5.74, 6) is 0.118. The molecule has 0 saturated carbocycles. The van der Waals surface area contributed by atoms with E-state index in [9.17, 15) is 4.79 Å². The van der Waals surface area contributed by atoms with Crippen LogP contribution in [0, 0.1) is 0 Å². The molecule has 0 aliphatic carbocycles. The van der Waals surface area contributed by atoms with Gasteiger partial charge < -0.3 is 9.88 Å². The first-order valence-corrected chi connectivity index (χ1v) is 9.90. The van der Waals surface area contributed by atoms with E-state index in [0.29, 0.717) is 5.69 Å². The summed E-state index contributed by atoms with van der Waals surface area (Å²) in [5.41, 5.74) is 4.42. The van der Waals surface area contributed by atoms with Crippen LogP contribution in [0.25, 0.3) is 10.9 Å². The zero-order valence-corrected chi connectivity index (χ0v) is 15.9. The van der Waals surface area contributed by atoms with Crippen LogP contribution in [-0.4, -0.2) is 53.4 Å². The molecule has 0 bridgehead atoms. The molecule has 4 heteroatoms.